The van der Waals surface area contributed by atoms with E-state index in [1.807, 2.05) is 24.3 Å². The Morgan fingerprint density at radius 1 is 0.893 bits per heavy atom. The predicted molar refractivity (Wildman–Crippen MR) is 105 cm³/mol. The standard InChI is InChI=1S/C20H20N6O2/c1-27-19-15(5-3-9-22-19)12-24-17-8-7-14(11-21)18(26-17)25-13-16-6-4-10-23-20(16)28-2/h3-10H,12-13H2,1-2H3,(H2,24,25,26). The number of aromatic nitrogens is 3. The van der Waals surface area contributed by atoms with Crippen LogP contribution in [0.15, 0.2) is 48.8 Å². The first-order chi connectivity index (χ1) is 13.7. The lowest BCUT2D eigenvalue weighted by Crippen LogP contribution is -2.08. The SMILES string of the molecule is COc1ncccc1CNc1ccc(C#N)c(NCc2cccnc2OC)n1. The molecule has 0 spiro atoms. The monoisotopic (exact) mass is 376 g/mol. The fourth-order valence-corrected chi connectivity index (χ4v) is 2.63. The van der Waals surface area contributed by atoms with Gasteiger partial charge in [0, 0.05) is 36.6 Å². The van der Waals surface area contributed by atoms with E-state index in [1.165, 1.54) is 0 Å². The Balaban J connectivity index is 1.74. The molecule has 0 aliphatic heterocycles. The van der Waals surface area contributed by atoms with Gasteiger partial charge in [-0.3, -0.25) is 0 Å². The van der Waals surface area contributed by atoms with E-state index in [1.54, 1.807) is 38.7 Å². The molecule has 2 N–H and O–H groups in total. The number of hydrogen-bond acceptors (Lipinski definition) is 8. The van der Waals surface area contributed by atoms with Gasteiger partial charge in [-0.15, -0.1) is 0 Å². The molecule has 0 fully saturated rings. The Morgan fingerprint density at radius 2 is 1.50 bits per heavy atom. The van der Waals surface area contributed by atoms with Crippen molar-refractivity contribution in [2.24, 2.45) is 0 Å². The molecule has 0 bridgehead atoms. The third-order valence-corrected chi connectivity index (χ3v) is 4.01. The van der Waals surface area contributed by atoms with E-state index in [-0.39, 0.29) is 0 Å². The molecule has 0 unspecified atom stereocenters. The van der Waals surface area contributed by atoms with Crippen LogP contribution in [0.2, 0.25) is 0 Å². The molecule has 8 heteroatoms. The molecule has 142 valence electrons. The van der Waals surface area contributed by atoms with Gasteiger partial charge in [0.05, 0.1) is 19.8 Å². The molecule has 0 atom stereocenters. The normalized spacial score (nSPS) is 10.0. The Labute approximate surface area is 163 Å². The molecule has 0 saturated carbocycles. The topological polar surface area (TPSA) is 105 Å². The van der Waals surface area contributed by atoms with Crippen molar-refractivity contribution < 1.29 is 9.47 Å². The fraction of sp³-hybridized carbons (Fsp3) is 0.200. The minimum absolute atomic E-state index is 0.429. The molecule has 0 aromatic carbocycles. The minimum atomic E-state index is 0.429. The van der Waals surface area contributed by atoms with Gasteiger partial charge in [-0.25, -0.2) is 15.0 Å². The second-order valence-electron chi connectivity index (χ2n) is 5.76. The highest BCUT2D eigenvalue weighted by atomic mass is 16.5. The number of pyridine rings is 3. The van der Waals surface area contributed by atoms with Crippen LogP contribution in [-0.2, 0) is 13.1 Å². The highest BCUT2D eigenvalue weighted by molar-refractivity contribution is 5.57. The molecular formula is C20H20N6O2. The van der Waals surface area contributed by atoms with Crippen LogP contribution in [0.3, 0.4) is 0 Å². The fourth-order valence-electron chi connectivity index (χ4n) is 2.63. The molecule has 28 heavy (non-hydrogen) atoms. The van der Waals surface area contributed by atoms with Crippen molar-refractivity contribution in [2.45, 2.75) is 13.1 Å². The molecule has 3 rings (SSSR count). The van der Waals surface area contributed by atoms with Gasteiger partial charge in [0.1, 0.15) is 17.7 Å². The predicted octanol–water partition coefficient (Wildman–Crippen LogP) is 2.98. The lowest BCUT2D eigenvalue weighted by atomic mass is 10.2. The lowest BCUT2D eigenvalue weighted by Gasteiger charge is -2.13. The van der Waals surface area contributed by atoms with Crippen LogP contribution in [0.1, 0.15) is 16.7 Å². The van der Waals surface area contributed by atoms with E-state index >= 15 is 0 Å². The number of ether oxygens (including phenoxy) is 2. The zero-order valence-electron chi connectivity index (χ0n) is 15.6. The van der Waals surface area contributed by atoms with Crippen LogP contribution >= 0.6 is 0 Å². The third kappa shape index (κ3) is 4.45. The first kappa shape index (κ1) is 18.9. The number of nitrogens with one attached hydrogen (secondary N) is 2. The molecule has 0 aliphatic rings. The molecular weight excluding hydrogens is 356 g/mol. The van der Waals surface area contributed by atoms with Gasteiger partial charge in [0.25, 0.3) is 0 Å². The van der Waals surface area contributed by atoms with Gasteiger partial charge >= 0.3 is 0 Å². The summed E-state index contributed by atoms with van der Waals surface area (Å²) in [4.78, 5) is 12.9. The van der Waals surface area contributed by atoms with Crippen molar-refractivity contribution in [1.82, 2.24) is 15.0 Å². The molecule has 3 aromatic rings. The number of anilines is 2. The van der Waals surface area contributed by atoms with Gasteiger partial charge in [-0.05, 0) is 24.3 Å². The largest absolute Gasteiger partial charge is 0.481 e. The van der Waals surface area contributed by atoms with Crippen LogP contribution in [0.4, 0.5) is 11.6 Å². The van der Waals surface area contributed by atoms with Crippen molar-refractivity contribution in [3.05, 3.63) is 65.5 Å². The van der Waals surface area contributed by atoms with E-state index in [0.29, 0.717) is 42.0 Å². The Bertz CT molecular complexity index is 986. The summed E-state index contributed by atoms with van der Waals surface area (Å²) in [6.07, 6.45) is 3.34. The second-order valence-corrected chi connectivity index (χ2v) is 5.76. The molecule has 3 heterocycles. The molecule has 3 aromatic heterocycles. The summed E-state index contributed by atoms with van der Waals surface area (Å²) in [6, 6.07) is 13.1. The van der Waals surface area contributed by atoms with Gasteiger partial charge in [0.15, 0.2) is 0 Å². The van der Waals surface area contributed by atoms with Crippen molar-refractivity contribution >= 4 is 11.6 Å². The first-order valence-corrected chi connectivity index (χ1v) is 8.59. The molecule has 0 radical (unpaired) electrons. The first-order valence-electron chi connectivity index (χ1n) is 8.59. The second kappa shape index (κ2) is 9.19. The zero-order valence-corrected chi connectivity index (χ0v) is 15.6. The lowest BCUT2D eigenvalue weighted by molar-refractivity contribution is 0.393. The summed E-state index contributed by atoms with van der Waals surface area (Å²) in [5.41, 5.74) is 2.23. The van der Waals surface area contributed by atoms with Crippen molar-refractivity contribution in [3.8, 4) is 17.8 Å². The smallest absolute Gasteiger partial charge is 0.218 e. The van der Waals surface area contributed by atoms with E-state index in [4.69, 9.17) is 9.47 Å². The van der Waals surface area contributed by atoms with E-state index in [2.05, 4.69) is 31.7 Å². The molecule has 0 saturated heterocycles. The maximum atomic E-state index is 9.37. The Morgan fingerprint density at radius 3 is 2.07 bits per heavy atom. The summed E-state index contributed by atoms with van der Waals surface area (Å²) >= 11 is 0. The van der Waals surface area contributed by atoms with Gasteiger partial charge in [-0.2, -0.15) is 5.26 Å². The van der Waals surface area contributed by atoms with Crippen LogP contribution < -0.4 is 20.1 Å². The van der Waals surface area contributed by atoms with Crippen molar-refractivity contribution in [3.63, 3.8) is 0 Å². The summed E-state index contributed by atoms with van der Waals surface area (Å²) < 4.78 is 10.5. The van der Waals surface area contributed by atoms with Crippen LogP contribution in [0.5, 0.6) is 11.8 Å². The minimum Gasteiger partial charge on any atom is -0.481 e. The Kier molecular flexibility index (Phi) is 6.21. The summed E-state index contributed by atoms with van der Waals surface area (Å²) in [6.45, 7) is 0.921. The summed E-state index contributed by atoms with van der Waals surface area (Å²) in [5.74, 6) is 2.21. The average molecular weight is 376 g/mol. The number of rotatable bonds is 8. The third-order valence-electron chi connectivity index (χ3n) is 4.01. The highest BCUT2D eigenvalue weighted by Gasteiger charge is 2.09. The van der Waals surface area contributed by atoms with Gasteiger partial charge in [-0.1, -0.05) is 12.1 Å². The van der Waals surface area contributed by atoms with E-state index in [9.17, 15) is 5.26 Å². The number of hydrogen-bond donors (Lipinski definition) is 2. The van der Waals surface area contributed by atoms with E-state index < -0.39 is 0 Å². The molecule has 8 nitrogen and oxygen atoms in total. The highest BCUT2D eigenvalue weighted by Crippen LogP contribution is 2.21. The number of nitriles is 1. The van der Waals surface area contributed by atoms with Crippen LogP contribution in [0.25, 0.3) is 0 Å². The Hall–Kier alpha value is -3.86. The van der Waals surface area contributed by atoms with Gasteiger partial charge in [0.2, 0.25) is 11.8 Å². The molecule has 0 amide bonds. The zero-order chi connectivity index (χ0) is 19.8. The quantitative estimate of drug-likeness (QED) is 0.618. The summed E-state index contributed by atoms with van der Waals surface area (Å²) in [7, 11) is 3.16. The van der Waals surface area contributed by atoms with Gasteiger partial charge < -0.3 is 20.1 Å². The van der Waals surface area contributed by atoms with Crippen LogP contribution in [-0.4, -0.2) is 29.2 Å². The maximum Gasteiger partial charge on any atom is 0.218 e. The molecule has 0 aliphatic carbocycles. The number of methoxy groups -OCH3 is 2. The maximum absolute atomic E-state index is 9.37. The van der Waals surface area contributed by atoms with Crippen LogP contribution in [0, 0.1) is 11.3 Å². The summed E-state index contributed by atoms with van der Waals surface area (Å²) in [5, 5.41) is 15.8. The number of nitrogens with zero attached hydrogens (tertiary/aromatic N) is 4. The van der Waals surface area contributed by atoms with Crippen molar-refractivity contribution in [1.29, 1.82) is 5.26 Å². The average Bonchev–Trinajstić information content (AvgIpc) is 2.76. The van der Waals surface area contributed by atoms with E-state index in [0.717, 1.165) is 11.1 Å². The van der Waals surface area contributed by atoms with Crippen molar-refractivity contribution in [2.75, 3.05) is 24.9 Å².